The van der Waals surface area contributed by atoms with Crippen LogP contribution in [0.4, 0.5) is 0 Å². The van der Waals surface area contributed by atoms with Crippen molar-refractivity contribution >= 4 is 203 Å². The van der Waals surface area contributed by atoms with Gasteiger partial charge in [-0.15, -0.1) is 45.3 Å². The number of aryl methyl sites for hydroxylation is 4. The van der Waals surface area contributed by atoms with Gasteiger partial charge in [0.05, 0.1) is 7.57 Å². The topological polar surface area (TPSA) is 0 Å². The third kappa shape index (κ3) is 23.2. The van der Waals surface area contributed by atoms with Crippen molar-refractivity contribution in [2.24, 2.45) is 0 Å². The summed E-state index contributed by atoms with van der Waals surface area (Å²) in [4.78, 5) is 28.8. The van der Waals surface area contributed by atoms with Crippen LogP contribution in [0.3, 0.4) is 0 Å². The van der Waals surface area contributed by atoms with E-state index in [-0.39, 0.29) is 0 Å². The molecule has 0 saturated carbocycles. The molecule has 0 atom stereocenters. The van der Waals surface area contributed by atoms with Gasteiger partial charge in [0.1, 0.15) is 8.07 Å². The Morgan fingerprint density at radius 2 is 0.687 bits per heavy atom. The Labute approximate surface area is 656 Å². The summed E-state index contributed by atoms with van der Waals surface area (Å²) in [6, 6.07) is 54.0. The first-order valence-corrected chi connectivity index (χ1v) is 71.4. The van der Waals surface area contributed by atoms with Crippen LogP contribution in [0, 0.1) is 13.8 Å². The maximum absolute atomic E-state index is 3.57. The van der Waals surface area contributed by atoms with E-state index in [0.29, 0.717) is 0 Å². The van der Waals surface area contributed by atoms with Crippen LogP contribution in [-0.4, -0.2) is 52.9 Å². The van der Waals surface area contributed by atoms with E-state index in [1.165, 1.54) is 230 Å². The van der Waals surface area contributed by atoms with Gasteiger partial charge in [-0.25, -0.2) is 0 Å². The Hall–Kier alpha value is -0.719. The van der Waals surface area contributed by atoms with Crippen LogP contribution >= 0.6 is 108 Å². The number of thiophene rings is 6. The Bertz CT molecular complexity index is 3610. The zero-order chi connectivity index (χ0) is 71.0. The standard InChI is InChI=1S/C32H48S3Si.C20H28S2Si.C18H15P.C10H14Br2S.6CH3.2Sn/c1-6-9-12-15-18-26-22-27(34-25(26)5)28-23-30-32(35-28)31-29(21-24(4)33-31)36(30,19-16-13-10-7-2)20-17-14-11-8-3;1-3-5-7-9-15-23(16-10-8-6-4-2)17-11-13-21-19(17)20-18(23)12-14-22-20;1-4-10-16(11-5-1)19(17-12-6-2-7-13-17)18-14-8-3-9-15-18;1-2-3-4-5-6-8-7-9(11)13-10(8)12;;;;;;;;/h21-23H,6-20H2,1-5H3;11-12H,3-10,15-16H2,1-2H3;1-15H;7H,2-6H2,1H3;6*1H3;;. The minimum Gasteiger partial charge on any atom is -0.140 e. The molecule has 0 nitrogen and oxygen atoms in total. The number of halogens is 2. The van der Waals surface area contributed by atoms with Crippen LogP contribution in [0.25, 0.3) is 29.3 Å². The van der Waals surface area contributed by atoms with Gasteiger partial charge in [-0.05, 0) is 153 Å². The van der Waals surface area contributed by atoms with Gasteiger partial charge in [0.2, 0.25) is 0 Å². The van der Waals surface area contributed by atoms with Gasteiger partial charge in [0, 0.05) is 29.3 Å². The fraction of sp³-hybridized carbons (Fsp3) is 0.512. The predicted molar refractivity (Wildman–Crippen MR) is 480 cm³/mol. The molecule has 2 aliphatic rings. The van der Waals surface area contributed by atoms with Crippen LogP contribution in [0.5, 0.6) is 0 Å². The molecular formula is C86H123Br2PS6Si2Sn2. The van der Waals surface area contributed by atoms with E-state index in [9.17, 15) is 0 Å². The second-order valence-corrected chi connectivity index (χ2v) is 81.5. The van der Waals surface area contributed by atoms with Crippen LogP contribution < -0.4 is 42.4 Å². The van der Waals surface area contributed by atoms with Crippen molar-refractivity contribution in [1.29, 1.82) is 0 Å². The molecule has 0 fully saturated rings. The van der Waals surface area contributed by atoms with E-state index in [4.69, 9.17) is 0 Å². The third-order valence-corrected chi connectivity index (χ3v) is 61.6. The molecular weight excluding hydrogens is 1710 g/mol. The summed E-state index contributed by atoms with van der Waals surface area (Å²) >= 11 is 15.5. The first kappa shape index (κ1) is 83.9. The second-order valence-electron chi connectivity index (χ2n) is 30.6. The van der Waals surface area contributed by atoms with Crippen molar-refractivity contribution in [1.82, 2.24) is 0 Å². The van der Waals surface area contributed by atoms with E-state index in [1.807, 2.05) is 26.5 Å². The monoisotopic (exact) mass is 1830 g/mol. The van der Waals surface area contributed by atoms with Gasteiger partial charge in [-0.1, -0.05) is 209 Å². The van der Waals surface area contributed by atoms with Crippen molar-refractivity contribution in [3.05, 3.63) is 156 Å². The molecule has 99 heavy (non-hydrogen) atoms. The van der Waals surface area contributed by atoms with E-state index < -0.39 is 60.8 Å². The molecule has 0 aliphatic carbocycles. The smallest absolute Gasteiger partial charge is 0.122 e. The van der Waals surface area contributed by atoms with Gasteiger partial charge in [-0.2, -0.15) is 0 Å². The van der Waals surface area contributed by atoms with Gasteiger partial charge in [0.25, 0.3) is 0 Å². The zero-order valence-corrected chi connectivity index (χ0v) is 80.2. The van der Waals surface area contributed by atoms with E-state index in [1.54, 1.807) is 46.2 Å². The number of hydrogen-bond donors (Lipinski definition) is 0. The zero-order valence-electron chi connectivity index (χ0n) is 63.5. The van der Waals surface area contributed by atoms with Crippen molar-refractivity contribution in [3.63, 3.8) is 0 Å². The number of fused-ring (bicyclic) bond motifs is 6. The molecule has 0 unspecified atom stereocenters. The number of hydrogen-bond acceptors (Lipinski definition) is 6. The summed E-state index contributed by atoms with van der Waals surface area (Å²) in [6.45, 7) is 18.7. The second kappa shape index (κ2) is 42.1. The van der Waals surface area contributed by atoms with Gasteiger partial charge >= 0.3 is 212 Å². The number of rotatable bonds is 36. The summed E-state index contributed by atoms with van der Waals surface area (Å²) in [5, 5.41) is 11.7. The molecule has 11 rings (SSSR count). The average Bonchev–Trinajstić information content (AvgIpc) is 1.55. The molecule has 0 saturated heterocycles. The molecule has 0 spiro atoms. The summed E-state index contributed by atoms with van der Waals surface area (Å²) in [6.07, 6.45) is 35.7. The molecule has 3 aromatic carbocycles. The van der Waals surface area contributed by atoms with Gasteiger partial charge in [-0.3, -0.25) is 0 Å². The average molecular weight is 1830 g/mol. The van der Waals surface area contributed by atoms with Gasteiger partial charge < -0.3 is 0 Å². The summed E-state index contributed by atoms with van der Waals surface area (Å²) in [7, 11) is -3.72. The molecule has 13 heteroatoms. The molecule has 0 bridgehead atoms. The fourth-order valence-electron chi connectivity index (χ4n) is 14.8. The van der Waals surface area contributed by atoms with E-state index >= 15 is 0 Å². The number of benzene rings is 3. The predicted octanol–water partition coefficient (Wildman–Crippen LogP) is 27.4. The maximum atomic E-state index is 3.57. The van der Waals surface area contributed by atoms with Crippen molar-refractivity contribution < 1.29 is 0 Å². The quantitative estimate of drug-likeness (QED) is 0.0209. The summed E-state index contributed by atoms with van der Waals surface area (Å²) in [5.41, 5.74) is 3.06. The van der Waals surface area contributed by atoms with Crippen LogP contribution in [0.2, 0.25) is 53.8 Å². The third-order valence-electron chi connectivity index (χ3n) is 20.5. The molecule has 8 heterocycles. The Kier molecular flexibility index (Phi) is 35.7. The minimum absolute atomic E-state index is 0.446. The van der Waals surface area contributed by atoms with Crippen LogP contribution in [0.15, 0.2) is 135 Å². The van der Waals surface area contributed by atoms with Crippen LogP contribution in [-0.2, 0) is 12.8 Å². The van der Waals surface area contributed by atoms with Crippen molar-refractivity contribution in [2.45, 2.75) is 276 Å². The molecule has 0 radical (unpaired) electrons. The molecule has 0 amide bonds. The maximum Gasteiger partial charge on any atom is 0.122 e. The number of unbranched alkanes of at least 4 members (excludes halogenated alkanes) is 18. The molecule has 6 aromatic heterocycles. The Balaban J connectivity index is 0.000000179. The Morgan fingerprint density at radius 3 is 1.06 bits per heavy atom. The molecule has 9 aromatic rings. The van der Waals surface area contributed by atoms with E-state index in [0.717, 1.165) is 0 Å². The van der Waals surface area contributed by atoms with Crippen molar-refractivity contribution in [3.8, 4) is 29.3 Å². The largest absolute Gasteiger partial charge is 0.140 e. The molecule has 0 N–H and O–H groups in total. The molecule has 538 valence electrons. The van der Waals surface area contributed by atoms with E-state index in [2.05, 4.69) is 301 Å². The minimum atomic E-state index is -2.06. The molecule has 2 aliphatic heterocycles. The first-order chi connectivity index (χ1) is 47.8. The SMILES string of the molecule is CCCCCC[Si]1(CCCCCC)c2c[c]([Sn]([CH3])([CH3])[CH3])sc2-c2s[c]([Sn]([CH3])([CH3])[CH3])cc21.CCCCCCc1cc(-c2cc3c(s2)-c2sc(C)cc2[Si]3(CCCCCC)CCCCCC)sc1C.CCCCCCc1cc(Br)sc1Br.c1ccc(P(c2ccccc2)c2ccccc2)cc1. The summed E-state index contributed by atoms with van der Waals surface area (Å²) in [5.74, 6) is 0. The Morgan fingerprint density at radius 1 is 0.343 bits per heavy atom. The van der Waals surface area contributed by atoms with Crippen LogP contribution in [0.1, 0.15) is 217 Å². The fourth-order valence-corrected chi connectivity index (χ4v) is 51.2. The van der Waals surface area contributed by atoms with Gasteiger partial charge in [0.15, 0.2) is 0 Å². The van der Waals surface area contributed by atoms with Crippen molar-refractivity contribution in [2.75, 3.05) is 0 Å². The normalized spacial score (nSPS) is 13.3. The first-order valence-electron chi connectivity index (χ1n) is 38.8. The summed E-state index contributed by atoms with van der Waals surface area (Å²) < 4.78 is 6.18.